The van der Waals surface area contributed by atoms with Gasteiger partial charge in [-0.25, -0.2) is 0 Å². The highest BCUT2D eigenvalue weighted by atomic mass is 16.5. The number of ether oxygens (including phenoxy) is 1. The third-order valence-corrected chi connectivity index (χ3v) is 6.36. The largest absolute Gasteiger partial charge is 0.377 e. The highest BCUT2D eigenvalue weighted by Crippen LogP contribution is 2.52. The van der Waals surface area contributed by atoms with Gasteiger partial charge in [0.2, 0.25) is 0 Å². The van der Waals surface area contributed by atoms with Gasteiger partial charge in [-0.1, -0.05) is 32.0 Å². The van der Waals surface area contributed by atoms with Crippen molar-refractivity contribution in [2.45, 2.75) is 51.8 Å². The van der Waals surface area contributed by atoms with Gasteiger partial charge in [-0.05, 0) is 31.9 Å². The van der Waals surface area contributed by atoms with E-state index in [0.29, 0.717) is 24.1 Å². The maximum atomic E-state index is 5.93. The zero-order chi connectivity index (χ0) is 18.1. The van der Waals surface area contributed by atoms with E-state index in [9.17, 15) is 0 Å². The van der Waals surface area contributed by atoms with Gasteiger partial charge in [0.25, 0.3) is 0 Å². The summed E-state index contributed by atoms with van der Waals surface area (Å²) in [4.78, 5) is 7.18. The molecule has 1 saturated carbocycles. The van der Waals surface area contributed by atoms with Gasteiger partial charge in [0.05, 0.1) is 6.10 Å². The summed E-state index contributed by atoms with van der Waals surface area (Å²) >= 11 is 0. The van der Waals surface area contributed by atoms with E-state index in [1.807, 2.05) is 0 Å². The molecule has 0 radical (unpaired) electrons. The average molecular weight is 357 g/mol. The maximum Gasteiger partial charge on any atom is 0.191 e. The van der Waals surface area contributed by atoms with Crippen LogP contribution in [0, 0.1) is 11.3 Å². The summed E-state index contributed by atoms with van der Waals surface area (Å²) in [6, 6.07) is 11.6. The molecule has 1 aromatic rings. The quantitative estimate of drug-likeness (QED) is 0.643. The van der Waals surface area contributed by atoms with Gasteiger partial charge in [-0.3, -0.25) is 4.99 Å². The van der Waals surface area contributed by atoms with Crippen molar-refractivity contribution in [2.75, 3.05) is 31.1 Å². The van der Waals surface area contributed by atoms with Gasteiger partial charge in [0.15, 0.2) is 5.96 Å². The molecule has 0 aromatic heterocycles. The molecular formula is C21H32N4O. The van der Waals surface area contributed by atoms with Gasteiger partial charge >= 0.3 is 0 Å². The molecule has 2 aliphatic heterocycles. The molecule has 1 aliphatic carbocycles. The molecule has 5 nitrogen and oxygen atoms in total. The van der Waals surface area contributed by atoms with E-state index in [0.717, 1.165) is 45.0 Å². The van der Waals surface area contributed by atoms with Crippen molar-refractivity contribution >= 4 is 11.6 Å². The first-order valence-corrected chi connectivity index (χ1v) is 10.1. The molecule has 2 saturated heterocycles. The molecule has 1 aromatic carbocycles. The number of anilines is 1. The summed E-state index contributed by atoms with van der Waals surface area (Å²) in [7, 11) is 0. The fourth-order valence-electron chi connectivity index (χ4n) is 5.00. The Morgan fingerprint density at radius 1 is 1.23 bits per heavy atom. The van der Waals surface area contributed by atoms with E-state index in [2.05, 4.69) is 66.6 Å². The molecule has 4 unspecified atom stereocenters. The van der Waals surface area contributed by atoms with E-state index >= 15 is 0 Å². The number of guanidine groups is 1. The number of para-hydroxylation sites is 1. The zero-order valence-corrected chi connectivity index (χ0v) is 16.2. The molecule has 0 spiro atoms. The number of benzene rings is 1. The summed E-state index contributed by atoms with van der Waals surface area (Å²) < 4.78 is 5.93. The average Bonchev–Trinajstić information content (AvgIpc) is 3.29. The molecule has 26 heavy (non-hydrogen) atoms. The van der Waals surface area contributed by atoms with Crippen LogP contribution in [-0.4, -0.2) is 50.4 Å². The number of hydrogen-bond acceptors (Lipinski definition) is 3. The van der Waals surface area contributed by atoms with Crippen LogP contribution >= 0.6 is 0 Å². The van der Waals surface area contributed by atoms with E-state index in [1.54, 1.807) is 0 Å². The molecule has 5 heteroatoms. The number of nitrogens with one attached hydrogen (secondary N) is 2. The molecule has 4 atom stereocenters. The van der Waals surface area contributed by atoms with Crippen LogP contribution in [0.2, 0.25) is 0 Å². The lowest BCUT2D eigenvalue weighted by Crippen LogP contribution is -2.68. The Morgan fingerprint density at radius 3 is 2.81 bits per heavy atom. The van der Waals surface area contributed by atoms with Crippen molar-refractivity contribution in [3.05, 3.63) is 30.3 Å². The molecule has 2 N–H and O–H groups in total. The third-order valence-electron chi connectivity index (χ3n) is 6.36. The third kappa shape index (κ3) is 3.18. The number of aliphatic imine (C=N–C) groups is 1. The number of rotatable bonds is 4. The van der Waals surface area contributed by atoms with E-state index in [-0.39, 0.29) is 5.41 Å². The normalized spacial score (nSPS) is 32.9. The van der Waals surface area contributed by atoms with Gasteiger partial charge in [0, 0.05) is 55.3 Å². The molecular weight excluding hydrogens is 324 g/mol. The van der Waals surface area contributed by atoms with E-state index < -0.39 is 0 Å². The molecule has 0 amide bonds. The SMILES string of the molecule is CCN=C(NC1CCN(c2ccccc2)C1)NC1C2CCOC2C1(C)C. The van der Waals surface area contributed by atoms with Crippen molar-refractivity contribution in [1.82, 2.24) is 10.6 Å². The molecule has 4 rings (SSSR count). The number of nitrogens with zero attached hydrogens (tertiary/aromatic N) is 2. The fraction of sp³-hybridized carbons (Fsp3) is 0.667. The summed E-state index contributed by atoms with van der Waals surface area (Å²) in [5, 5.41) is 7.43. The van der Waals surface area contributed by atoms with E-state index in [4.69, 9.17) is 9.73 Å². The number of hydrogen-bond donors (Lipinski definition) is 2. The van der Waals surface area contributed by atoms with Crippen molar-refractivity contribution in [3.63, 3.8) is 0 Å². The summed E-state index contributed by atoms with van der Waals surface area (Å²) in [6.45, 7) is 10.5. The summed E-state index contributed by atoms with van der Waals surface area (Å²) in [6.07, 6.45) is 2.71. The first-order chi connectivity index (χ1) is 12.6. The molecule has 2 heterocycles. The Hall–Kier alpha value is -1.75. The van der Waals surface area contributed by atoms with Crippen LogP contribution in [0.3, 0.4) is 0 Å². The molecule has 0 bridgehead atoms. The Balaban J connectivity index is 1.37. The molecule has 3 aliphatic rings. The summed E-state index contributed by atoms with van der Waals surface area (Å²) in [5.41, 5.74) is 1.48. The van der Waals surface area contributed by atoms with Gasteiger partial charge < -0.3 is 20.3 Å². The first-order valence-electron chi connectivity index (χ1n) is 10.1. The van der Waals surface area contributed by atoms with Crippen LogP contribution in [0.25, 0.3) is 0 Å². The lowest BCUT2D eigenvalue weighted by atomic mass is 9.57. The highest BCUT2D eigenvalue weighted by Gasteiger charge is 2.59. The minimum absolute atomic E-state index is 0.170. The second kappa shape index (κ2) is 7.10. The Bertz CT molecular complexity index is 645. The first kappa shape index (κ1) is 17.7. The minimum Gasteiger partial charge on any atom is -0.377 e. The highest BCUT2D eigenvalue weighted by molar-refractivity contribution is 5.81. The molecule has 142 valence electrons. The van der Waals surface area contributed by atoms with Crippen LogP contribution in [0.1, 0.15) is 33.6 Å². The molecule has 3 fully saturated rings. The summed E-state index contributed by atoms with van der Waals surface area (Å²) in [5.74, 6) is 1.59. The Morgan fingerprint density at radius 2 is 2.04 bits per heavy atom. The predicted molar refractivity (Wildman–Crippen MR) is 107 cm³/mol. The van der Waals surface area contributed by atoms with Crippen molar-refractivity contribution < 1.29 is 4.74 Å². The maximum absolute atomic E-state index is 5.93. The fourth-order valence-corrected chi connectivity index (χ4v) is 5.00. The Labute approximate surface area is 157 Å². The topological polar surface area (TPSA) is 48.9 Å². The van der Waals surface area contributed by atoms with Crippen LogP contribution in [0.5, 0.6) is 0 Å². The van der Waals surface area contributed by atoms with Crippen LogP contribution in [0.15, 0.2) is 35.3 Å². The predicted octanol–water partition coefficient (Wildman–Crippen LogP) is 2.63. The minimum atomic E-state index is 0.170. The number of fused-ring (bicyclic) bond motifs is 1. The zero-order valence-electron chi connectivity index (χ0n) is 16.2. The van der Waals surface area contributed by atoms with Gasteiger partial charge in [0.1, 0.15) is 0 Å². The van der Waals surface area contributed by atoms with Gasteiger partial charge in [-0.2, -0.15) is 0 Å². The van der Waals surface area contributed by atoms with Crippen LogP contribution in [0.4, 0.5) is 5.69 Å². The second-order valence-electron chi connectivity index (χ2n) is 8.42. The van der Waals surface area contributed by atoms with Crippen molar-refractivity contribution in [2.24, 2.45) is 16.3 Å². The second-order valence-corrected chi connectivity index (χ2v) is 8.42. The van der Waals surface area contributed by atoms with Crippen LogP contribution in [-0.2, 0) is 4.74 Å². The monoisotopic (exact) mass is 356 g/mol. The van der Waals surface area contributed by atoms with Gasteiger partial charge in [-0.15, -0.1) is 0 Å². The smallest absolute Gasteiger partial charge is 0.191 e. The lowest BCUT2D eigenvalue weighted by Gasteiger charge is -2.55. The standard InChI is InChI=1S/C21H32N4O/c1-4-22-20(24-18-17-11-13-26-19(17)21(18,2)3)23-15-10-12-25(14-15)16-8-6-5-7-9-16/h5-9,15,17-19H,4,10-14H2,1-3H3,(H2,22,23,24). The van der Waals surface area contributed by atoms with E-state index in [1.165, 1.54) is 5.69 Å². The van der Waals surface area contributed by atoms with Crippen LogP contribution < -0.4 is 15.5 Å². The van der Waals surface area contributed by atoms with Crippen molar-refractivity contribution in [1.29, 1.82) is 0 Å². The van der Waals surface area contributed by atoms with Crippen molar-refractivity contribution in [3.8, 4) is 0 Å². The lowest BCUT2D eigenvalue weighted by molar-refractivity contribution is -0.106. The Kier molecular flexibility index (Phi) is 4.82.